The lowest BCUT2D eigenvalue weighted by molar-refractivity contribution is 0.153. The largest absolute Gasteiger partial charge is 0.364 e. The molecule has 0 heterocycles. The van der Waals surface area contributed by atoms with Gasteiger partial charge in [0.25, 0.3) is 0 Å². The van der Waals surface area contributed by atoms with E-state index in [4.69, 9.17) is 4.74 Å². The summed E-state index contributed by atoms with van der Waals surface area (Å²) in [4.78, 5) is 0. The molecule has 1 nitrogen and oxygen atoms in total. The van der Waals surface area contributed by atoms with Gasteiger partial charge in [-0.1, -0.05) is 56.0 Å². The summed E-state index contributed by atoms with van der Waals surface area (Å²) in [5.74, 6) is 6.17. The Kier molecular flexibility index (Phi) is 7.21. The van der Waals surface area contributed by atoms with E-state index in [1.165, 1.54) is 24.8 Å². The topological polar surface area (TPSA) is 9.23 Å². The first-order chi connectivity index (χ1) is 7.93. The van der Waals surface area contributed by atoms with Gasteiger partial charge in [-0.2, -0.15) is 0 Å². The molecule has 0 bridgehead atoms. The highest BCUT2D eigenvalue weighted by Crippen LogP contribution is 2.00. The van der Waals surface area contributed by atoms with E-state index in [1.807, 2.05) is 18.2 Å². The molecule has 0 saturated heterocycles. The number of hydrogen-bond donors (Lipinski definition) is 0. The molecule has 0 atom stereocenters. The van der Waals surface area contributed by atoms with Crippen molar-refractivity contribution in [3.63, 3.8) is 0 Å². The number of benzene rings is 1. The second-order valence-electron chi connectivity index (χ2n) is 3.79. The Morgan fingerprint density at radius 2 is 1.88 bits per heavy atom. The molecule has 0 saturated carbocycles. The first-order valence-electron chi connectivity index (χ1n) is 6.01. The van der Waals surface area contributed by atoms with Crippen molar-refractivity contribution in [1.29, 1.82) is 0 Å². The van der Waals surface area contributed by atoms with Gasteiger partial charge in [0.15, 0.2) is 0 Å². The molecule has 86 valence electrons. The van der Waals surface area contributed by atoms with Crippen LogP contribution in [0.15, 0.2) is 30.3 Å². The molecule has 0 amide bonds. The molecule has 0 aliphatic heterocycles. The number of rotatable bonds is 6. The molecule has 16 heavy (non-hydrogen) atoms. The predicted octanol–water partition coefficient (Wildman–Crippen LogP) is 3.79. The summed E-state index contributed by atoms with van der Waals surface area (Å²) in [6.07, 6.45) is 4.75. The lowest BCUT2D eigenvalue weighted by Gasteiger charge is -1.99. The summed E-state index contributed by atoms with van der Waals surface area (Å²) in [5, 5.41) is 0. The lowest BCUT2D eigenvalue weighted by atomic mass is 10.2. The highest BCUT2D eigenvalue weighted by molar-refractivity contribution is 5.13. The second kappa shape index (κ2) is 9.00. The van der Waals surface area contributed by atoms with Gasteiger partial charge in [0.05, 0.1) is 6.61 Å². The molecule has 0 spiro atoms. The average molecular weight is 216 g/mol. The van der Waals surface area contributed by atoms with E-state index >= 15 is 0 Å². The van der Waals surface area contributed by atoms with Gasteiger partial charge in [-0.25, -0.2) is 0 Å². The standard InChI is InChI=1S/C15H20O/c1-2-3-4-5-6-10-13-16-14-15-11-8-7-9-12-15/h7-9,11-12H,2-5,13-14H2,1H3. The minimum atomic E-state index is 0.543. The maximum Gasteiger partial charge on any atom is 0.108 e. The Bertz CT molecular complexity index is 318. The molecule has 0 fully saturated rings. The minimum Gasteiger partial charge on any atom is -0.364 e. The normalized spacial score (nSPS) is 9.56. The van der Waals surface area contributed by atoms with E-state index in [-0.39, 0.29) is 0 Å². The first-order valence-corrected chi connectivity index (χ1v) is 6.01. The third kappa shape index (κ3) is 6.27. The van der Waals surface area contributed by atoms with Gasteiger partial charge in [0.1, 0.15) is 6.61 Å². The number of ether oxygens (including phenoxy) is 1. The van der Waals surface area contributed by atoms with Crippen LogP contribution in [0.25, 0.3) is 0 Å². The van der Waals surface area contributed by atoms with Crippen LogP contribution in [0.5, 0.6) is 0 Å². The van der Waals surface area contributed by atoms with E-state index in [0.29, 0.717) is 13.2 Å². The van der Waals surface area contributed by atoms with Crippen molar-refractivity contribution >= 4 is 0 Å². The fourth-order valence-corrected chi connectivity index (χ4v) is 1.40. The molecule has 1 rings (SSSR count). The van der Waals surface area contributed by atoms with Gasteiger partial charge in [-0.15, -0.1) is 5.92 Å². The van der Waals surface area contributed by atoms with E-state index < -0.39 is 0 Å². The van der Waals surface area contributed by atoms with Gasteiger partial charge < -0.3 is 4.74 Å². The Balaban J connectivity index is 2.03. The summed E-state index contributed by atoms with van der Waals surface area (Å²) in [6.45, 7) is 3.40. The molecule has 0 N–H and O–H groups in total. The van der Waals surface area contributed by atoms with E-state index in [2.05, 4.69) is 30.9 Å². The molecule has 1 aromatic carbocycles. The van der Waals surface area contributed by atoms with Gasteiger partial charge in [-0.05, 0) is 12.0 Å². The maximum atomic E-state index is 5.45. The van der Waals surface area contributed by atoms with E-state index in [0.717, 1.165) is 6.42 Å². The number of hydrogen-bond acceptors (Lipinski definition) is 1. The zero-order valence-electron chi connectivity index (χ0n) is 10.0. The smallest absolute Gasteiger partial charge is 0.108 e. The molecular weight excluding hydrogens is 196 g/mol. The molecule has 1 heteroatoms. The molecular formula is C15H20O. The van der Waals surface area contributed by atoms with Gasteiger partial charge in [0, 0.05) is 6.42 Å². The van der Waals surface area contributed by atoms with Crippen molar-refractivity contribution in [2.45, 2.75) is 39.2 Å². The van der Waals surface area contributed by atoms with Crippen LogP contribution in [0.4, 0.5) is 0 Å². The van der Waals surface area contributed by atoms with Crippen molar-refractivity contribution < 1.29 is 4.74 Å². The third-order valence-electron chi connectivity index (χ3n) is 2.32. The summed E-state index contributed by atoms with van der Waals surface area (Å²) in [7, 11) is 0. The zero-order chi connectivity index (χ0) is 11.5. The van der Waals surface area contributed by atoms with Crippen LogP contribution in [0, 0.1) is 11.8 Å². The van der Waals surface area contributed by atoms with Gasteiger partial charge in [-0.3, -0.25) is 0 Å². The SMILES string of the molecule is CCCCCC#CCOCc1ccccc1. The van der Waals surface area contributed by atoms with Crippen LogP contribution in [0.2, 0.25) is 0 Å². The second-order valence-corrected chi connectivity index (χ2v) is 3.79. The Hall–Kier alpha value is -1.26. The van der Waals surface area contributed by atoms with Crippen LogP contribution in [-0.4, -0.2) is 6.61 Å². The Morgan fingerprint density at radius 3 is 2.62 bits per heavy atom. The molecule has 0 unspecified atom stereocenters. The quantitative estimate of drug-likeness (QED) is 0.519. The molecule has 0 aromatic heterocycles. The lowest BCUT2D eigenvalue weighted by Crippen LogP contribution is -1.92. The van der Waals surface area contributed by atoms with Crippen LogP contribution >= 0.6 is 0 Å². The molecule has 0 aliphatic carbocycles. The monoisotopic (exact) mass is 216 g/mol. The van der Waals surface area contributed by atoms with Crippen molar-refractivity contribution in [1.82, 2.24) is 0 Å². The van der Waals surface area contributed by atoms with Crippen molar-refractivity contribution in [3.05, 3.63) is 35.9 Å². The Morgan fingerprint density at radius 1 is 1.06 bits per heavy atom. The molecule has 1 aromatic rings. The summed E-state index contributed by atoms with van der Waals surface area (Å²) >= 11 is 0. The van der Waals surface area contributed by atoms with Gasteiger partial charge >= 0.3 is 0 Å². The average Bonchev–Trinajstić information content (AvgIpc) is 2.34. The van der Waals surface area contributed by atoms with Crippen LogP contribution in [0.1, 0.15) is 38.2 Å². The maximum absolute atomic E-state index is 5.45. The highest BCUT2D eigenvalue weighted by Gasteiger charge is 1.88. The third-order valence-corrected chi connectivity index (χ3v) is 2.32. The van der Waals surface area contributed by atoms with Crippen molar-refractivity contribution in [2.75, 3.05) is 6.61 Å². The Labute approximate surface area is 98.8 Å². The van der Waals surface area contributed by atoms with Crippen LogP contribution in [0.3, 0.4) is 0 Å². The van der Waals surface area contributed by atoms with Crippen molar-refractivity contribution in [2.24, 2.45) is 0 Å². The summed E-state index contributed by atoms with van der Waals surface area (Å²) in [5.41, 5.74) is 1.20. The minimum absolute atomic E-state index is 0.543. The summed E-state index contributed by atoms with van der Waals surface area (Å²) < 4.78 is 5.45. The highest BCUT2D eigenvalue weighted by atomic mass is 16.5. The summed E-state index contributed by atoms with van der Waals surface area (Å²) in [6, 6.07) is 10.2. The van der Waals surface area contributed by atoms with Crippen LogP contribution in [-0.2, 0) is 11.3 Å². The predicted molar refractivity (Wildman–Crippen MR) is 68.0 cm³/mol. The first kappa shape index (κ1) is 12.8. The fraction of sp³-hybridized carbons (Fsp3) is 0.467. The van der Waals surface area contributed by atoms with Crippen LogP contribution < -0.4 is 0 Å². The van der Waals surface area contributed by atoms with E-state index in [9.17, 15) is 0 Å². The van der Waals surface area contributed by atoms with Gasteiger partial charge in [0.2, 0.25) is 0 Å². The van der Waals surface area contributed by atoms with E-state index in [1.54, 1.807) is 0 Å². The molecule has 0 radical (unpaired) electrons. The molecule has 0 aliphatic rings. The van der Waals surface area contributed by atoms with Crippen molar-refractivity contribution in [3.8, 4) is 11.8 Å². The fourth-order valence-electron chi connectivity index (χ4n) is 1.40. The number of unbranched alkanes of at least 4 members (excludes halogenated alkanes) is 3. The zero-order valence-corrected chi connectivity index (χ0v) is 10.0.